The number of nitrogens with zero attached hydrogens (tertiary/aromatic N) is 6. The summed E-state index contributed by atoms with van der Waals surface area (Å²) in [5, 5.41) is 8.87. The Labute approximate surface area is 321 Å². The van der Waals surface area contributed by atoms with E-state index >= 15 is 0 Å². The lowest BCUT2D eigenvalue weighted by Gasteiger charge is -2.54. The Balaban J connectivity index is 1.18. The molecule has 16 heteroatoms. The van der Waals surface area contributed by atoms with Crippen LogP contribution in [0.4, 0.5) is 27.8 Å². The van der Waals surface area contributed by atoms with Gasteiger partial charge >= 0.3 is 12.2 Å². The number of methoxy groups -OCH3 is 1. The number of carbonyl (C=O) groups excluding carboxylic acids is 1. The molecular formula is C40H46F5N7O4. The fourth-order valence-corrected chi connectivity index (χ4v) is 8.55. The van der Waals surface area contributed by atoms with E-state index in [9.17, 15) is 26.7 Å². The summed E-state index contributed by atoms with van der Waals surface area (Å²) < 4.78 is 84.2. The number of piperidine rings is 2. The van der Waals surface area contributed by atoms with E-state index < -0.39 is 25.1 Å². The summed E-state index contributed by atoms with van der Waals surface area (Å²) in [7, 11) is 1.68. The number of nitrogens with one attached hydrogen (secondary N) is 1. The third kappa shape index (κ3) is 7.99. The largest absolute Gasteiger partial charge is 0.485 e. The number of likely N-dealkylation sites (tertiary alicyclic amines) is 2. The maximum Gasteiger partial charge on any atom is 0.409 e. The summed E-state index contributed by atoms with van der Waals surface area (Å²) >= 11 is 0. The number of hydrogen-bond donors (Lipinski definition) is 1. The van der Waals surface area contributed by atoms with Gasteiger partial charge in [0, 0.05) is 86.8 Å². The average molecular weight is 784 g/mol. The van der Waals surface area contributed by atoms with Gasteiger partial charge in [0.15, 0.2) is 5.75 Å². The Morgan fingerprint density at radius 2 is 1.79 bits per heavy atom. The van der Waals surface area contributed by atoms with Crippen molar-refractivity contribution in [2.45, 2.75) is 70.1 Å². The number of benzene rings is 2. The lowest BCUT2D eigenvalue weighted by atomic mass is 9.72. The third-order valence-electron chi connectivity index (χ3n) is 11.7. The van der Waals surface area contributed by atoms with E-state index in [1.165, 1.54) is 4.90 Å². The van der Waals surface area contributed by atoms with Crippen molar-refractivity contribution in [1.29, 1.82) is 0 Å². The molecule has 0 radical (unpaired) electrons. The van der Waals surface area contributed by atoms with Gasteiger partial charge in [-0.2, -0.15) is 28.2 Å². The van der Waals surface area contributed by atoms with Crippen LogP contribution in [-0.4, -0.2) is 121 Å². The standard InChI is InChI=1S/C40H46F5N7O4/c1-24-3-6-30-29(20-46-49-30)33(24)34-27(25-4-5-25)19-28-35(36(34)55-21-31(41)42)47-38(56-26-8-13-50(14-9-26)17-18-54-2)48-37(28)51-15-11-39(12-16-51)22-52(23-39)32(53)7-10-40(43,44)45/h3,6-7,10,19-20,25-26,31H,4-5,8-9,11-18,21-23H2,1-2H3,(H,46,49)/b10-7+. The van der Waals surface area contributed by atoms with Gasteiger partial charge in [-0.15, -0.1) is 0 Å². The molecular weight excluding hydrogens is 737 g/mol. The maximum absolute atomic E-state index is 14.1. The smallest absolute Gasteiger partial charge is 0.409 e. The molecule has 8 rings (SSSR count). The number of ether oxygens (including phenoxy) is 3. The number of carbonyl (C=O) groups is 1. The number of fused-ring (bicyclic) bond motifs is 2. The summed E-state index contributed by atoms with van der Waals surface area (Å²) in [6.07, 6.45) is -0.374. The minimum absolute atomic E-state index is 0.0228. The van der Waals surface area contributed by atoms with Crippen molar-refractivity contribution in [3.8, 4) is 22.9 Å². The predicted molar refractivity (Wildman–Crippen MR) is 200 cm³/mol. The van der Waals surface area contributed by atoms with E-state index in [-0.39, 0.29) is 35.3 Å². The zero-order valence-electron chi connectivity index (χ0n) is 31.5. The number of aryl methyl sites for hydroxylation is 1. The molecule has 1 spiro atoms. The fourth-order valence-electron chi connectivity index (χ4n) is 8.55. The van der Waals surface area contributed by atoms with Gasteiger partial charge in [-0.3, -0.25) is 9.89 Å². The molecule has 1 amide bonds. The van der Waals surface area contributed by atoms with E-state index in [2.05, 4.69) is 26.1 Å². The van der Waals surface area contributed by atoms with E-state index in [1.54, 1.807) is 13.3 Å². The highest BCUT2D eigenvalue weighted by atomic mass is 19.4. The van der Waals surface area contributed by atoms with E-state index in [0.717, 1.165) is 78.5 Å². The molecule has 0 atom stereocenters. The fraction of sp³-hybridized carbons (Fsp3) is 0.550. The van der Waals surface area contributed by atoms with Gasteiger partial charge in [0.05, 0.1) is 18.3 Å². The normalized spacial score (nSPS) is 19.5. The molecule has 2 aromatic heterocycles. The van der Waals surface area contributed by atoms with Crippen LogP contribution in [0.25, 0.3) is 32.9 Å². The Morgan fingerprint density at radius 1 is 1.04 bits per heavy atom. The Kier molecular flexibility index (Phi) is 10.5. The number of H-pyrrole nitrogens is 1. The van der Waals surface area contributed by atoms with Crippen LogP contribution in [0.2, 0.25) is 0 Å². The van der Waals surface area contributed by atoms with Crippen molar-refractivity contribution in [2.24, 2.45) is 5.41 Å². The SMILES string of the molecule is COCCN1CCC(Oc2nc(N3CCC4(CC3)CN(C(=O)/C=C/C(F)(F)F)C4)c3cc(C4CC4)c(-c4c(C)ccc5[nH]ncc45)c(OCC(F)F)c3n2)CC1. The molecule has 1 aliphatic carbocycles. The molecule has 5 heterocycles. The van der Waals surface area contributed by atoms with Crippen molar-refractivity contribution in [2.75, 3.05) is 71.0 Å². The first-order valence-electron chi connectivity index (χ1n) is 19.3. The molecule has 4 fully saturated rings. The first-order valence-corrected chi connectivity index (χ1v) is 19.3. The van der Waals surface area contributed by atoms with Crippen molar-refractivity contribution in [3.05, 3.63) is 47.7 Å². The van der Waals surface area contributed by atoms with Gasteiger partial charge in [-0.05, 0) is 80.2 Å². The lowest BCUT2D eigenvalue weighted by molar-refractivity contribution is -0.139. The Hall–Kier alpha value is -4.57. The Morgan fingerprint density at radius 3 is 2.46 bits per heavy atom. The summed E-state index contributed by atoms with van der Waals surface area (Å²) in [6, 6.07) is 6.18. The van der Waals surface area contributed by atoms with Gasteiger partial charge < -0.3 is 28.9 Å². The topological polar surface area (TPSA) is 109 Å². The second kappa shape index (κ2) is 15.4. The van der Waals surface area contributed by atoms with Crippen LogP contribution in [0.3, 0.4) is 0 Å². The quantitative estimate of drug-likeness (QED) is 0.120. The zero-order chi connectivity index (χ0) is 39.2. The van der Waals surface area contributed by atoms with Crippen molar-refractivity contribution in [3.63, 3.8) is 0 Å². The summed E-state index contributed by atoms with van der Waals surface area (Å²) in [6.45, 7) is 6.15. The zero-order valence-corrected chi connectivity index (χ0v) is 31.5. The minimum Gasteiger partial charge on any atom is -0.485 e. The molecule has 2 aromatic carbocycles. The monoisotopic (exact) mass is 783 g/mol. The maximum atomic E-state index is 14.1. The summed E-state index contributed by atoms with van der Waals surface area (Å²) in [5.41, 5.74) is 4.49. The van der Waals surface area contributed by atoms with Gasteiger partial charge in [0.2, 0.25) is 5.91 Å². The summed E-state index contributed by atoms with van der Waals surface area (Å²) in [4.78, 5) is 28.4. The second-order valence-corrected chi connectivity index (χ2v) is 15.7. The molecule has 1 saturated carbocycles. The van der Waals surface area contributed by atoms with E-state index in [1.807, 2.05) is 19.1 Å². The Bertz CT molecular complexity index is 2100. The highest BCUT2D eigenvalue weighted by Crippen LogP contribution is 2.53. The number of alkyl halides is 5. The number of anilines is 1. The van der Waals surface area contributed by atoms with Gasteiger partial charge in [-0.1, -0.05) is 6.07 Å². The van der Waals surface area contributed by atoms with Gasteiger partial charge in [0.1, 0.15) is 24.0 Å². The average Bonchev–Trinajstić information content (AvgIpc) is 3.90. The number of hydrogen-bond acceptors (Lipinski definition) is 9. The lowest BCUT2D eigenvalue weighted by Crippen LogP contribution is -2.61. The highest BCUT2D eigenvalue weighted by Gasteiger charge is 2.47. The molecule has 3 saturated heterocycles. The number of allylic oxidation sites excluding steroid dienone is 1. The van der Waals surface area contributed by atoms with E-state index in [4.69, 9.17) is 24.2 Å². The number of aromatic nitrogens is 4. The molecule has 4 aromatic rings. The van der Waals surface area contributed by atoms with Crippen LogP contribution in [0.5, 0.6) is 11.8 Å². The molecule has 300 valence electrons. The number of amides is 1. The van der Waals surface area contributed by atoms with Crippen LogP contribution < -0.4 is 14.4 Å². The molecule has 4 aliphatic rings. The summed E-state index contributed by atoms with van der Waals surface area (Å²) in [5.74, 6) is 0.417. The third-order valence-corrected chi connectivity index (χ3v) is 11.7. The molecule has 3 aliphatic heterocycles. The van der Waals surface area contributed by atoms with Gasteiger partial charge in [0.25, 0.3) is 6.43 Å². The molecule has 0 unspecified atom stereocenters. The first-order chi connectivity index (χ1) is 26.9. The van der Waals surface area contributed by atoms with Crippen LogP contribution in [-0.2, 0) is 9.53 Å². The predicted octanol–water partition coefficient (Wildman–Crippen LogP) is 7.04. The highest BCUT2D eigenvalue weighted by molar-refractivity contribution is 6.06. The second-order valence-electron chi connectivity index (χ2n) is 15.7. The van der Waals surface area contributed by atoms with Crippen molar-refractivity contribution < 1.29 is 41.0 Å². The molecule has 11 nitrogen and oxygen atoms in total. The molecule has 0 bridgehead atoms. The minimum atomic E-state index is -4.55. The molecule has 1 N–H and O–H groups in total. The van der Waals surface area contributed by atoms with Gasteiger partial charge in [-0.25, -0.2) is 8.78 Å². The van der Waals surface area contributed by atoms with E-state index in [0.29, 0.717) is 68.4 Å². The number of rotatable bonds is 12. The first kappa shape index (κ1) is 38.3. The van der Waals surface area contributed by atoms with Crippen molar-refractivity contribution in [1.82, 2.24) is 30.0 Å². The van der Waals surface area contributed by atoms with Crippen LogP contribution >= 0.6 is 0 Å². The molecule has 56 heavy (non-hydrogen) atoms. The van der Waals surface area contributed by atoms with Crippen LogP contribution in [0, 0.1) is 12.3 Å². The number of aromatic amines is 1. The number of halogens is 5. The van der Waals surface area contributed by atoms with Crippen LogP contribution in [0.1, 0.15) is 55.6 Å². The van der Waals surface area contributed by atoms with Crippen LogP contribution in [0.15, 0.2) is 36.5 Å². The van der Waals surface area contributed by atoms with Crippen molar-refractivity contribution >= 4 is 33.5 Å².